The van der Waals surface area contributed by atoms with Gasteiger partial charge in [-0.3, -0.25) is 9.59 Å². The van der Waals surface area contributed by atoms with Gasteiger partial charge in [-0.2, -0.15) is 0 Å². The fourth-order valence-electron chi connectivity index (χ4n) is 2.40. The molecule has 1 saturated heterocycles. The first-order chi connectivity index (χ1) is 10.9. The zero-order valence-electron chi connectivity index (χ0n) is 12.2. The molecule has 0 spiro atoms. The Morgan fingerprint density at radius 1 is 1.52 bits per heavy atom. The molecule has 8 heteroatoms. The molecule has 2 amide bonds. The highest BCUT2D eigenvalue weighted by Crippen LogP contribution is 2.29. The van der Waals surface area contributed by atoms with E-state index in [2.05, 4.69) is 10.3 Å². The van der Waals surface area contributed by atoms with Crippen LogP contribution in [0.25, 0.3) is 0 Å². The first-order valence-electron chi connectivity index (χ1n) is 6.92. The van der Waals surface area contributed by atoms with Crippen molar-refractivity contribution in [3.8, 4) is 0 Å². The minimum atomic E-state index is -0.546. The summed E-state index contributed by atoms with van der Waals surface area (Å²) in [6.07, 6.45) is 0.102. The summed E-state index contributed by atoms with van der Waals surface area (Å²) in [4.78, 5) is 30.0. The van der Waals surface area contributed by atoms with E-state index in [0.29, 0.717) is 10.8 Å². The fourth-order valence-corrected chi connectivity index (χ4v) is 3.27. The number of nitrogens with zero attached hydrogens (tertiary/aromatic N) is 2. The van der Waals surface area contributed by atoms with Crippen molar-refractivity contribution in [1.29, 1.82) is 0 Å². The van der Waals surface area contributed by atoms with E-state index in [4.69, 9.17) is 11.6 Å². The molecule has 0 bridgehead atoms. The van der Waals surface area contributed by atoms with Gasteiger partial charge in [0.1, 0.15) is 5.82 Å². The summed E-state index contributed by atoms with van der Waals surface area (Å²) < 4.78 is 13.2. The lowest BCUT2D eigenvalue weighted by molar-refractivity contribution is -0.122. The van der Waals surface area contributed by atoms with Crippen LogP contribution in [0.5, 0.6) is 0 Å². The number of benzene rings is 1. The molecule has 2 heterocycles. The highest BCUT2D eigenvalue weighted by atomic mass is 35.5. The lowest BCUT2D eigenvalue weighted by Gasteiger charge is -2.17. The van der Waals surface area contributed by atoms with E-state index >= 15 is 0 Å². The second-order valence-corrected chi connectivity index (χ2v) is 6.55. The number of rotatable bonds is 3. The Morgan fingerprint density at radius 3 is 2.96 bits per heavy atom. The lowest BCUT2D eigenvalue weighted by atomic mass is 10.1. The van der Waals surface area contributed by atoms with Crippen LogP contribution in [-0.2, 0) is 9.59 Å². The van der Waals surface area contributed by atoms with Gasteiger partial charge >= 0.3 is 0 Å². The van der Waals surface area contributed by atoms with Gasteiger partial charge in [-0.15, -0.1) is 11.3 Å². The largest absolute Gasteiger partial charge is 0.312 e. The van der Waals surface area contributed by atoms with Crippen molar-refractivity contribution >= 4 is 45.6 Å². The van der Waals surface area contributed by atoms with Gasteiger partial charge in [-0.05, 0) is 25.1 Å². The minimum absolute atomic E-state index is 0.0542. The Labute approximate surface area is 141 Å². The molecular formula is C15H13ClFN3O2S. The zero-order valence-corrected chi connectivity index (χ0v) is 13.7. The lowest BCUT2D eigenvalue weighted by Crippen LogP contribution is -2.28. The SMILES string of the molecule is Cc1csc(NC(=O)[C@H]2CC(=O)N(c3ccc(F)c(Cl)c3)C2)n1. The van der Waals surface area contributed by atoms with E-state index in [1.165, 1.54) is 34.4 Å². The van der Waals surface area contributed by atoms with Crippen LogP contribution in [0.4, 0.5) is 15.2 Å². The third kappa shape index (κ3) is 3.35. The Bertz CT molecular complexity index is 780. The molecule has 0 aliphatic carbocycles. The Hall–Kier alpha value is -1.99. The maximum Gasteiger partial charge on any atom is 0.231 e. The quantitative estimate of drug-likeness (QED) is 0.921. The van der Waals surface area contributed by atoms with Gasteiger partial charge in [0.2, 0.25) is 11.8 Å². The molecule has 1 aliphatic rings. The smallest absolute Gasteiger partial charge is 0.231 e. The molecule has 120 valence electrons. The molecule has 5 nitrogen and oxygen atoms in total. The third-order valence-electron chi connectivity index (χ3n) is 3.56. The summed E-state index contributed by atoms with van der Waals surface area (Å²) in [6.45, 7) is 2.07. The molecule has 0 saturated carbocycles. The third-order valence-corrected chi connectivity index (χ3v) is 4.73. The van der Waals surface area contributed by atoms with E-state index in [1.54, 1.807) is 0 Å². The number of hydrogen-bond donors (Lipinski definition) is 1. The molecule has 0 radical (unpaired) electrons. The van der Waals surface area contributed by atoms with E-state index in [-0.39, 0.29) is 29.8 Å². The second-order valence-electron chi connectivity index (χ2n) is 5.29. The normalized spacial score (nSPS) is 17.6. The van der Waals surface area contributed by atoms with Gasteiger partial charge < -0.3 is 10.2 Å². The highest BCUT2D eigenvalue weighted by molar-refractivity contribution is 7.13. The Morgan fingerprint density at radius 2 is 2.30 bits per heavy atom. The number of thiazole rings is 1. The van der Waals surface area contributed by atoms with Crippen LogP contribution in [0.15, 0.2) is 23.6 Å². The van der Waals surface area contributed by atoms with Crippen LogP contribution in [0.3, 0.4) is 0 Å². The van der Waals surface area contributed by atoms with Crippen molar-refractivity contribution in [3.63, 3.8) is 0 Å². The van der Waals surface area contributed by atoms with E-state index in [0.717, 1.165) is 5.69 Å². The maximum atomic E-state index is 13.2. The van der Waals surface area contributed by atoms with Crippen LogP contribution in [0, 0.1) is 18.7 Å². The number of carbonyl (C=O) groups excluding carboxylic acids is 2. The summed E-state index contributed by atoms with van der Waals surface area (Å²) in [5, 5.41) is 5.02. The van der Waals surface area contributed by atoms with Gasteiger partial charge in [-0.25, -0.2) is 9.37 Å². The zero-order chi connectivity index (χ0) is 16.6. The van der Waals surface area contributed by atoms with Crippen molar-refractivity contribution < 1.29 is 14.0 Å². The molecule has 2 aromatic rings. The van der Waals surface area contributed by atoms with Crippen LogP contribution in [0.1, 0.15) is 12.1 Å². The highest BCUT2D eigenvalue weighted by Gasteiger charge is 2.35. The van der Waals surface area contributed by atoms with Crippen LogP contribution in [-0.4, -0.2) is 23.3 Å². The summed E-state index contributed by atoms with van der Waals surface area (Å²) in [5.74, 6) is -1.46. The van der Waals surface area contributed by atoms with Crippen LogP contribution in [0.2, 0.25) is 5.02 Å². The van der Waals surface area contributed by atoms with E-state index in [1.807, 2.05) is 12.3 Å². The second kappa shape index (κ2) is 6.25. The Kier molecular flexibility index (Phi) is 4.32. The number of nitrogens with one attached hydrogen (secondary N) is 1. The topological polar surface area (TPSA) is 62.3 Å². The monoisotopic (exact) mass is 353 g/mol. The Balaban J connectivity index is 1.71. The predicted molar refractivity (Wildman–Crippen MR) is 87.4 cm³/mol. The van der Waals surface area contributed by atoms with E-state index in [9.17, 15) is 14.0 Å². The average Bonchev–Trinajstić information content (AvgIpc) is 3.08. The minimum Gasteiger partial charge on any atom is -0.312 e. The van der Waals surface area contributed by atoms with Crippen molar-refractivity contribution in [3.05, 3.63) is 40.1 Å². The van der Waals surface area contributed by atoms with Crippen molar-refractivity contribution in [2.24, 2.45) is 5.92 Å². The standard InChI is InChI=1S/C15H13ClFN3O2S/c1-8-7-23-15(18-8)19-14(22)9-4-13(21)20(6-9)10-2-3-12(17)11(16)5-10/h2-3,5,7,9H,4,6H2,1H3,(H,18,19,22)/t9-/m0/s1. The molecule has 1 fully saturated rings. The molecule has 3 rings (SSSR count). The molecule has 1 atom stereocenters. The van der Waals surface area contributed by atoms with E-state index < -0.39 is 11.7 Å². The number of aromatic nitrogens is 1. The van der Waals surface area contributed by atoms with Crippen molar-refractivity contribution in [1.82, 2.24) is 4.98 Å². The predicted octanol–water partition coefficient (Wildman–Crippen LogP) is 3.24. The molecule has 23 heavy (non-hydrogen) atoms. The fraction of sp³-hybridized carbons (Fsp3) is 0.267. The molecule has 1 aromatic heterocycles. The summed E-state index contributed by atoms with van der Waals surface area (Å²) in [5.41, 5.74) is 1.32. The van der Waals surface area contributed by atoms with Crippen molar-refractivity contribution in [2.45, 2.75) is 13.3 Å². The van der Waals surface area contributed by atoms with Gasteiger partial charge in [0.25, 0.3) is 0 Å². The van der Waals surface area contributed by atoms with Crippen LogP contribution >= 0.6 is 22.9 Å². The summed E-state index contributed by atoms with van der Waals surface area (Å²) >= 11 is 7.09. The number of carbonyl (C=O) groups is 2. The molecule has 1 N–H and O–H groups in total. The molecule has 0 unspecified atom stereocenters. The number of anilines is 2. The number of amides is 2. The van der Waals surface area contributed by atoms with Crippen molar-refractivity contribution in [2.75, 3.05) is 16.8 Å². The summed E-state index contributed by atoms with van der Waals surface area (Å²) in [6, 6.07) is 4.07. The first-order valence-corrected chi connectivity index (χ1v) is 8.18. The van der Waals surface area contributed by atoms with Gasteiger partial charge in [0.15, 0.2) is 5.13 Å². The summed E-state index contributed by atoms with van der Waals surface area (Å²) in [7, 11) is 0. The number of aryl methyl sites for hydroxylation is 1. The van der Waals surface area contributed by atoms with Gasteiger partial charge in [-0.1, -0.05) is 11.6 Å². The molecular weight excluding hydrogens is 341 g/mol. The number of hydrogen-bond acceptors (Lipinski definition) is 4. The molecule has 1 aromatic carbocycles. The van der Waals surface area contributed by atoms with Crippen LogP contribution < -0.4 is 10.2 Å². The maximum absolute atomic E-state index is 13.2. The average molecular weight is 354 g/mol. The van der Waals surface area contributed by atoms with Gasteiger partial charge in [0, 0.05) is 24.0 Å². The molecule has 1 aliphatic heterocycles. The number of halogens is 2. The van der Waals surface area contributed by atoms with Gasteiger partial charge in [0.05, 0.1) is 16.6 Å². The first kappa shape index (κ1) is 15.9.